The Kier molecular flexibility index (Phi) is 2.73. The van der Waals surface area contributed by atoms with Crippen molar-refractivity contribution in [3.63, 3.8) is 0 Å². The summed E-state index contributed by atoms with van der Waals surface area (Å²) in [6, 6.07) is 6.99. The highest BCUT2D eigenvalue weighted by Gasteiger charge is 2.03. The van der Waals surface area contributed by atoms with E-state index in [4.69, 9.17) is 0 Å². The second kappa shape index (κ2) is 4.03. The molecule has 15 heavy (non-hydrogen) atoms. The SMILES string of the molecule is CNC(C)Cc1ccc2c(c1)ncn2C. The lowest BCUT2D eigenvalue weighted by Crippen LogP contribution is -2.23. The molecule has 1 aromatic carbocycles. The summed E-state index contributed by atoms with van der Waals surface area (Å²) >= 11 is 0. The Labute approximate surface area is 90.1 Å². The highest BCUT2D eigenvalue weighted by atomic mass is 15.0. The van der Waals surface area contributed by atoms with Crippen molar-refractivity contribution in [1.82, 2.24) is 14.9 Å². The highest BCUT2D eigenvalue weighted by Crippen LogP contribution is 2.14. The molecule has 0 aliphatic heterocycles. The maximum absolute atomic E-state index is 4.35. The Balaban J connectivity index is 2.31. The van der Waals surface area contributed by atoms with Crippen LogP contribution in [-0.2, 0) is 13.5 Å². The van der Waals surface area contributed by atoms with Crippen LogP contribution in [0, 0.1) is 0 Å². The Morgan fingerprint density at radius 3 is 3.00 bits per heavy atom. The summed E-state index contributed by atoms with van der Waals surface area (Å²) in [7, 11) is 4.01. The quantitative estimate of drug-likeness (QED) is 0.823. The van der Waals surface area contributed by atoms with Gasteiger partial charge in [0.05, 0.1) is 17.4 Å². The third-order valence-corrected chi connectivity index (χ3v) is 2.82. The van der Waals surface area contributed by atoms with Gasteiger partial charge in [0.2, 0.25) is 0 Å². The number of aryl methyl sites for hydroxylation is 1. The molecule has 2 aromatic rings. The van der Waals surface area contributed by atoms with E-state index in [-0.39, 0.29) is 0 Å². The van der Waals surface area contributed by atoms with Crippen molar-refractivity contribution in [1.29, 1.82) is 0 Å². The van der Waals surface area contributed by atoms with Gasteiger partial charge in [-0.05, 0) is 38.1 Å². The van der Waals surface area contributed by atoms with Crippen LogP contribution in [-0.4, -0.2) is 22.6 Å². The second-order valence-corrected chi connectivity index (χ2v) is 4.07. The summed E-state index contributed by atoms with van der Waals surface area (Å²) in [6.45, 7) is 2.18. The van der Waals surface area contributed by atoms with Crippen LogP contribution in [0.5, 0.6) is 0 Å². The minimum atomic E-state index is 0.506. The molecule has 2 rings (SSSR count). The normalized spacial score (nSPS) is 13.3. The van der Waals surface area contributed by atoms with E-state index < -0.39 is 0 Å². The number of fused-ring (bicyclic) bond motifs is 1. The third kappa shape index (κ3) is 2.02. The van der Waals surface area contributed by atoms with E-state index in [1.54, 1.807) is 0 Å². The zero-order valence-corrected chi connectivity index (χ0v) is 9.49. The molecule has 1 atom stereocenters. The summed E-state index contributed by atoms with van der Waals surface area (Å²) in [4.78, 5) is 4.35. The lowest BCUT2D eigenvalue weighted by atomic mass is 10.1. The van der Waals surface area contributed by atoms with Crippen LogP contribution in [0.2, 0.25) is 0 Å². The number of nitrogens with zero attached hydrogens (tertiary/aromatic N) is 2. The van der Waals surface area contributed by atoms with Crippen LogP contribution in [0.25, 0.3) is 11.0 Å². The van der Waals surface area contributed by atoms with Crippen molar-refractivity contribution in [3.8, 4) is 0 Å². The minimum Gasteiger partial charge on any atom is -0.334 e. The summed E-state index contributed by atoms with van der Waals surface area (Å²) in [5, 5.41) is 3.24. The van der Waals surface area contributed by atoms with Gasteiger partial charge in [0.25, 0.3) is 0 Å². The smallest absolute Gasteiger partial charge is 0.0955 e. The first-order valence-corrected chi connectivity index (χ1v) is 5.28. The van der Waals surface area contributed by atoms with Gasteiger partial charge < -0.3 is 9.88 Å². The first kappa shape index (κ1) is 10.2. The maximum Gasteiger partial charge on any atom is 0.0955 e. The summed E-state index contributed by atoms with van der Waals surface area (Å²) in [5.74, 6) is 0. The van der Waals surface area contributed by atoms with Crippen LogP contribution in [0.1, 0.15) is 12.5 Å². The van der Waals surface area contributed by atoms with E-state index in [0.29, 0.717) is 6.04 Å². The van der Waals surface area contributed by atoms with Gasteiger partial charge in [-0.2, -0.15) is 0 Å². The summed E-state index contributed by atoms with van der Waals surface area (Å²) < 4.78 is 2.04. The van der Waals surface area contributed by atoms with Crippen molar-refractivity contribution in [2.75, 3.05) is 7.05 Å². The molecule has 0 amide bonds. The van der Waals surface area contributed by atoms with Crippen molar-refractivity contribution in [2.45, 2.75) is 19.4 Å². The lowest BCUT2D eigenvalue weighted by molar-refractivity contribution is 0.609. The van der Waals surface area contributed by atoms with E-state index in [9.17, 15) is 0 Å². The number of imidazole rings is 1. The predicted octanol–water partition coefficient (Wildman–Crippen LogP) is 1.72. The van der Waals surface area contributed by atoms with Gasteiger partial charge >= 0.3 is 0 Å². The second-order valence-electron chi connectivity index (χ2n) is 4.07. The molecule has 0 radical (unpaired) electrons. The molecule has 0 aliphatic rings. The van der Waals surface area contributed by atoms with E-state index in [0.717, 1.165) is 11.9 Å². The fourth-order valence-corrected chi connectivity index (χ4v) is 1.76. The highest BCUT2D eigenvalue weighted by molar-refractivity contribution is 5.75. The minimum absolute atomic E-state index is 0.506. The molecular weight excluding hydrogens is 186 g/mol. The number of hydrogen-bond acceptors (Lipinski definition) is 2. The third-order valence-electron chi connectivity index (χ3n) is 2.82. The summed E-state index contributed by atoms with van der Waals surface area (Å²) in [5.41, 5.74) is 3.61. The fourth-order valence-electron chi connectivity index (χ4n) is 1.76. The average molecular weight is 203 g/mol. The molecule has 1 heterocycles. The van der Waals surface area contributed by atoms with Gasteiger partial charge in [0.1, 0.15) is 0 Å². The van der Waals surface area contributed by atoms with E-state index >= 15 is 0 Å². The number of rotatable bonds is 3. The van der Waals surface area contributed by atoms with Crippen molar-refractivity contribution in [2.24, 2.45) is 7.05 Å². The van der Waals surface area contributed by atoms with Crippen LogP contribution in [0.15, 0.2) is 24.5 Å². The number of benzene rings is 1. The van der Waals surface area contributed by atoms with E-state index in [1.165, 1.54) is 11.1 Å². The molecule has 3 nitrogen and oxygen atoms in total. The molecule has 0 aliphatic carbocycles. The standard InChI is InChI=1S/C12H17N3/c1-9(13-2)6-10-4-5-12-11(7-10)14-8-15(12)3/h4-5,7-9,13H,6H2,1-3H3. The lowest BCUT2D eigenvalue weighted by Gasteiger charge is -2.09. The first-order valence-electron chi connectivity index (χ1n) is 5.28. The topological polar surface area (TPSA) is 29.9 Å². The molecule has 0 saturated carbocycles. The molecular formula is C12H17N3. The van der Waals surface area contributed by atoms with Crippen molar-refractivity contribution in [3.05, 3.63) is 30.1 Å². The first-order chi connectivity index (χ1) is 7.20. The molecule has 0 bridgehead atoms. The Hall–Kier alpha value is -1.35. The monoisotopic (exact) mass is 203 g/mol. The number of nitrogens with one attached hydrogen (secondary N) is 1. The molecule has 80 valence electrons. The van der Waals surface area contributed by atoms with Gasteiger partial charge in [0, 0.05) is 13.1 Å². The molecule has 1 unspecified atom stereocenters. The molecule has 0 saturated heterocycles. The summed E-state index contributed by atoms with van der Waals surface area (Å²) in [6.07, 6.45) is 2.90. The van der Waals surface area contributed by atoms with Crippen molar-refractivity contribution >= 4 is 11.0 Å². The van der Waals surface area contributed by atoms with Crippen molar-refractivity contribution < 1.29 is 0 Å². The van der Waals surface area contributed by atoms with E-state index in [1.807, 2.05) is 25.0 Å². The molecule has 0 fully saturated rings. The van der Waals surface area contributed by atoms with Crippen LogP contribution in [0.3, 0.4) is 0 Å². The average Bonchev–Trinajstić information content (AvgIpc) is 2.60. The molecule has 1 aromatic heterocycles. The molecule has 1 N–H and O–H groups in total. The zero-order chi connectivity index (χ0) is 10.8. The number of likely N-dealkylation sites (N-methyl/N-ethyl adjacent to an activating group) is 1. The zero-order valence-electron chi connectivity index (χ0n) is 9.49. The molecule has 0 spiro atoms. The Bertz CT molecular complexity index is 459. The Morgan fingerprint density at radius 1 is 1.47 bits per heavy atom. The van der Waals surface area contributed by atoms with Crippen LogP contribution in [0.4, 0.5) is 0 Å². The fraction of sp³-hybridized carbons (Fsp3) is 0.417. The van der Waals surface area contributed by atoms with Gasteiger partial charge in [-0.1, -0.05) is 6.07 Å². The predicted molar refractivity (Wildman–Crippen MR) is 62.9 cm³/mol. The van der Waals surface area contributed by atoms with Crippen LogP contribution >= 0.6 is 0 Å². The van der Waals surface area contributed by atoms with Gasteiger partial charge in [0.15, 0.2) is 0 Å². The van der Waals surface area contributed by atoms with Gasteiger partial charge in [-0.25, -0.2) is 4.98 Å². The largest absolute Gasteiger partial charge is 0.334 e. The number of aromatic nitrogens is 2. The Morgan fingerprint density at radius 2 is 2.27 bits per heavy atom. The van der Waals surface area contributed by atoms with Gasteiger partial charge in [-0.15, -0.1) is 0 Å². The van der Waals surface area contributed by atoms with E-state index in [2.05, 4.69) is 35.4 Å². The maximum atomic E-state index is 4.35. The van der Waals surface area contributed by atoms with Gasteiger partial charge in [-0.3, -0.25) is 0 Å². The van der Waals surface area contributed by atoms with Crippen LogP contribution < -0.4 is 5.32 Å². The number of hydrogen-bond donors (Lipinski definition) is 1. The molecule has 3 heteroatoms.